The molecule has 0 amide bonds. The second kappa shape index (κ2) is 15.5. The Morgan fingerprint density at radius 3 is 1.48 bits per heavy atom. The van der Waals surface area contributed by atoms with E-state index < -0.39 is 25.9 Å². The fraction of sp³-hybridized carbons (Fsp3) is 0.259. The van der Waals surface area contributed by atoms with Gasteiger partial charge in [0.25, 0.3) is 0 Å². The second-order valence-electron chi connectivity index (χ2n) is 17.7. The van der Waals surface area contributed by atoms with Crippen LogP contribution in [0, 0.1) is 0 Å². The van der Waals surface area contributed by atoms with Gasteiger partial charge in [-0.05, 0) is 0 Å². The average Bonchev–Trinajstić information content (AvgIpc) is 3.93. The maximum absolute atomic E-state index is 9.39. The van der Waals surface area contributed by atoms with Crippen molar-refractivity contribution in [1.82, 2.24) is 0 Å². The molecule has 1 heterocycles. The molecule has 0 bridgehead atoms. The van der Waals surface area contributed by atoms with Gasteiger partial charge in [0.05, 0.1) is 0 Å². The van der Waals surface area contributed by atoms with Gasteiger partial charge in [0.2, 0.25) is 0 Å². The summed E-state index contributed by atoms with van der Waals surface area (Å²) in [6.07, 6.45) is 9.12. The molecule has 293 valence electrons. The fourth-order valence-electron chi connectivity index (χ4n) is 11.2. The number of fused-ring (bicyclic) bond motifs is 5. The molecular formula is C54H55Cl2SiZr. The minimum atomic E-state index is -5.63. The number of hydrogen-bond acceptors (Lipinski definition) is 0. The molecule has 2 atom stereocenters. The monoisotopic (exact) mass is 891 g/mol. The summed E-state index contributed by atoms with van der Waals surface area (Å²) < 4.78 is 1.16. The zero-order chi connectivity index (χ0) is 40.4. The number of rotatable bonds is 11. The summed E-state index contributed by atoms with van der Waals surface area (Å²) >= 11 is -5.63. The molecule has 0 aromatic heterocycles. The standard InChI is InChI=1S/2C21H23.C12H9Si.2ClH.Zr/c2*1-4-8-16-13-18-11-12-19(15(2)3)21(20(18)14-16)17-9-6-5-7-10-17;1-3-7-11-9(5-1)10-6-2-4-8-12(10)13-11;;;/h2*5-7,9-15H,4,8H2,1-3H3;1-7H,13H2;2*1H;/q;;;;;+2/p-2. The molecule has 1 aliphatic heterocycles. The Balaban J connectivity index is 1.40. The summed E-state index contributed by atoms with van der Waals surface area (Å²) in [5.74, 6) is 0.733. The molecule has 0 nitrogen and oxygen atoms in total. The van der Waals surface area contributed by atoms with E-state index in [0.29, 0.717) is 11.8 Å². The number of allylic oxidation sites excluding steroid dienone is 2. The summed E-state index contributed by atoms with van der Waals surface area (Å²) in [6.45, 7) is 14.0. The molecule has 0 radical (unpaired) electrons. The Bertz CT molecular complexity index is 2490. The van der Waals surface area contributed by atoms with Crippen molar-refractivity contribution in [2.45, 2.75) is 86.3 Å². The van der Waals surface area contributed by atoms with Gasteiger partial charge in [-0.2, -0.15) is 0 Å². The molecule has 0 fully saturated rings. The van der Waals surface area contributed by atoms with Crippen molar-refractivity contribution >= 4 is 52.3 Å². The van der Waals surface area contributed by atoms with Gasteiger partial charge < -0.3 is 0 Å². The minimum absolute atomic E-state index is 0.0752. The van der Waals surface area contributed by atoms with Crippen LogP contribution in [0.2, 0.25) is 0 Å². The first kappa shape index (κ1) is 39.9. The Kier molecular flexibility index (Phi) is 10.7. The van der Waals surface area contributed by atoms with Gasteiger partial charge in [-0.25, -0.2) is 0 Å². The molecule has 58 heavy (non-hydrogen) atoms. The third kappa shape index (κ3) is 6.22. The van der Waals surface area contributed by atoms with E-state index in [9.17, 15) is 17.0 Å². The molecule has 4 heteroatoms. The predicted octanol–water partition coefficient (Wildman–Crippen LogP) is 13.9. The van der Waals surface area contributed by atoms with Crippen molar-refractivity contribution in [3.63, 3.8) is 0 Å². The summed E-state index contributed by atoms with van der Waals surface area (Å²) in [5, 5.41) is 2.99. The number of halogens is 2. The molecule has 2 aliphatic carbocycles. The molecular weight excluding hydrogens is 839 g/mol. The average molecular weight is 894 g/mol. The van der Waals surface area contributed by atoms with Crippen LogP contribution < -0.4 is 13.6 Å². The molecule has 9 rings (SSSR count). The summed E-state index contributed by atoms with van der Waals surface area (Å²) in [7, 11) is 17.9. The molecule has 3 aliphatic rings. The van der Waals surface area contributed by atoms with Gasteiger partial charge in [0.15, 0.2) is 0 Å². The van der Waals surface area contributed by atoms with Crippen LogP contribution in [0.1, 0.15) is 120 Å². The predicted molar refractivity (Wildman–Crippen MR) is 254 cm³/mol. The van der Waals surface area contributed by atoms with Crippen LogP contribution in [0.15, 0.2) is 139 Å². The molecule has 0 spiro atoms. The van der Waals surface area contributed by atoms with E-state index >= 15 is 0 Å². The maximum atomic E-state index is 9.39. The van der Waals surface area contributed by atoms with Crippen molar-refractivity contribution in [3.05, 3.63) is 172 Å². The van der Waals surface area contributed by atoms with Crippen molar-refractivity contribution in [3.8, 4) is 33.4 Å². The van der Waals surface area contributed by atoms with E-state index in [1.165, 1.54) is 91.6 Å². The van der Waals surface area contributed by atoms with E-state index in [1.807, 2.05) is 0 Å². The molecule has 0 saturated carbocycles. The van der Waals surface area contributed by atoms with Crippen LogP contribution in [0.5, 0.6) is 0 Å². The normalized spacial score (nSPS) is 17.8. The van der Waals surface area contributed by atoms with Crippen LogP contribution in [0.4, 0.5) is 0 Å². The zero-order valence-corrected chi connectivity index (χ0v) is 40.3. The Morgan fingerprint density at radius 2 is 1.00 bits per heavy atom. The van der Waals surface area contributed by atoms with Gasteiger partial charge >= 0.3 is 360 Å². The first-order chi connectivity index (χ1) is 28.1. The van der Waals surface area contributed by atoms with Crippen molar-refractivity contribution in [1.29, 1.82) is 0 Å². The van der Waals surface area contributed by atoms with Crippen LogP contribution in [0.3, 0.4) is 0 Å². The molecule has 6 aromatic rings. The van der Waals surface area contributed by atoms with Gasteiger partial charge in [-0.3, -0.25) is 0 Å². The quantitative estimate of drug-likeness (QED) is 0.114. The first-order valence-corrected chi connectivity index (χ1v) is 33.5. The summed E-state index contributed by atoms with van der Waals surface area (Å²) in [6, 6.07) is 48.0. The second-order valence-corrected chi connectivity index (χ2v) is 40.2. The molecule has 0 N–H and O–H groups in total. The Morgan fingerprint density at radius 1 is 0.534 bits per heavy atom. The third-order valence-corrected chi connectivity index (χ3v) is 36.3. The third-order valence-electron chi connectivity index (χ3n) is 13.5. The Hall–Kier alpha value is -3.52. The van der Waals surface area contributed by atoms with Gasteiger partial charge in [0, 0.05) is 0 Å². The van der Waals surface area contributed by atoms with E-state index in [4.69, 9.17) is 0 Å². The van der Waals surface area contributed by atoms with E-state index in [2.05, 4.69) is 181 Å². The van der Waals surface area contributed by atoms with Crippen molar-refractivity contribution < 1.29 is 16.4 Å². The van der Waals surface area contributed by atoms with Crippen molar-refractivity contribution in [2.75, 3.05) is 0 Å². The SMILES string of the molecule is CCCC1=Cc2c(ccc(C(C)C)c2-c2ccccc2)[CH]1[Zr]([Cl])([Cl])([c]1cccc2c1[SiH2]c1ccccc1-2)[CH]1C(CCC)=Cc2c1ccc(C(C)C)c2-c1ccccc1. The van der Waals surface area contributed by atoms with Gasteiger partial charge in [-0.15, -0.1) is 0 Å². The van der Waals surface area contributed by atoms with Crippen molar-refractivity contribution in [2.24, 2.45) is 0 Å². The molecule has 6 aromatic carbocycles. The molecule has 2 unspecified atom stereocenters. The zero-order valence-electron chi connectivity index (χ0n) is 34.9. The van der Waals surface area contributed by atoms with Crippen LogP contribution in [-0.2, 0) is 16.4 Å². The van der Waals surface area contributed by atoms with E-state index in [1.54, 1.807) is 0 Å². The first-order valence-electron chi connectivity index (χ1n) is 21.7. The van der Waals surface area contributed by atoms with Crippen LogP contribution >= 0.6 is 17.0 Å². The number of hydrogen-bond donors (Lipinski definition) is 0. The fourth-order valence-corrected chi connectivity index (χ4v) is 39.2. The summed E-state index contributed by atoms with van der Waals surface area (Å²) in [5.41, 5.74) is 18.9. The molecule has 0 saturated heterocycles. The van der Waals surface area contributed by atoms with E-state index in [-0.39, 0.29) is 7.25 Å². The summed E-state index contributed by atoms with van der Waals surface area (Å²) in [4.78, 5) is 0. The van der Waals surface area contributed by atoms with E-state index in [0.717, 1.165) is 25.7 Å². The van der Waals surface area contributed by atoms with Gasteiger partial charge in [-0.1, -0.05) is 0 Å². The Labute approximate surface area is 357 Å². The number of benzene rings is 6. The van der Waals surface area contributed by atoms with Gasteiger partial charge in [0.1, 0.15) is 0 Å². The van der Waals surface area contributed by atoms with Crippen LogP contribution in [-0.4, -0.2) is 9.52 Å². The van der Waals surface area contributed by atoms with Crippen LogP contribution in [0.25, 0.3) is 45.5 Å². The topological polar surface area (TPSA) is 0 Å².